The minimum Gasteiger partial charge on any atom is -0.504 e. The summed E-state index contributed by atoms with van der Waals surface area (Å²) < 4.78 is 4.90. The molecule has 0 unspecified atom stereocenters. The molecule has 2 aromatic rings. The molecule has 0 spiro atoms. The van der Waals surface area contributed by atoms with Crippen LogP contribution in [0.2, 0.25) is 0 Å². The molecule has 1 N–H and O–H groups in total. The molecule has 0 amide bonds. The summed E-state index contributed by atoms with van der Waals surface area (Å²) in [4.78, 5) is 19.4. The molecule has 0 aliphatic carbocycles. The van der Waals surface area contributed by atoms with Gasteiger partial charge in [0.1, 0.15) is 0 Å². The molecule has 1 aromatic carbocycles. The minimum absolute atomic E-state index is 0.227. The predicted molar refractivity (Wildman–Crippen MR) is 62.0 cm³/mol. The highest BCUT2D eigenvalue weighted by molar-refractivity contribution is 5.58. The van der Waals surface area contributed by atoms with Crippen LogP contribution >= 0.6 is 0 Å². The number of nitrogens with zero attached hydrogens (tertiary/aromatic N) is 2. The lowest BCUT2D eigenvalue weighted by molar-refractivity contribution is 0.380. The van der Waals surface area contributed by atoms with Gasteiger partial charge in [-0.05, 0) is 18.2 Å². The van der Waals surface area contributed by atoms with Crippen molar-refractivity contribution in [3.8, 4) is 23.0 Å². The van der Waals surface area contributed by atoms with E-state index in [2.05, 4.69) is 9.97 Å². The largest absolute Gasteiger partial charge is 0.504 e. The molecule has 0 aliphatic rings. The van der Waals surface area contributed by atoms with Crippen LogP contribution in [0.5, 0.6) is 11.8 Å². The Hall–Kier alpha value is -2.43. The third kappa shape index (κ3) is 2.39. The monoisotopic (exact) mass is 230 g/mol. The summed E-state index contributed by atoms with van der Waals surface area (Å²) in [5.41, 5.74) is 0.697. The highest BCUT2D eigenvalue weighted by Crippen LogP contribution is 2.16. The van der Waals surface area contributed by atoms with Crippen LogP contribution < -0.4 is 10.2 Å². The van der Waals surface area contributed by atoms with E-state index in [-0.39, 0.29) is 11.8 Å². The molecule has 0 aliphatic heterocycles. The Morgan fingerprint density at radius 1 is 1.29 bits per heavy atom. The van der Waals surface area contributed by atoms with E-state index in [1.54, 1.807) is 24.4 Å². The summed E-state index contributed by atoms with van der Waals surface area (Å²) in [5, 5.41) is 9.28. The summed E-state index contributed by atoms with van der Waals surface area (Å²) in [5.74, 6) is -0.294. The van der Waals surface area contributed by atoms with Crippen molar-refractivity contribution in [1.82, 2.24) is 9.97 Å². The van der Waals surface area contributed by atoms with Gasteiger partial charge in [0.2, 0.25) is 5.43 Å². The molecule has 2 rings (SSSR count). The van der Waals surface area contributed by atoms with E-state index in [1.165, 1.54) is 19.2 Å². The minimum atomic E-state index is -0.456. The highest BCUT2D eigenvalue weighted by atomic mass is 16.5. The van der Waals surface area contributed by atoms with Gasteiger partial charge in [-0.2, -0.15) is 4.98 Å². The maximum atomic E-state index is 11.4. The van der Waals surface area contributed by atoms with Crippen molar-refractivity contribution in [3.05, 3.63) is 46.8 Å². The van der Waals surface area contributed by atoms with Crippen molar-refractivity contribution >= 4 is 0 Å². The van der Waals surface area contributed by atoms with Crippen LogP contribution in [0.3, 0.4) is 0 Å². The number of rotatable bonds is 2. The first kappa shape index (κ1) is 11.1. The fourth-order valence-electron chi connectivity index (χ4n) is 1.35. The molecule has 5 heteroatoms. The van der Waals surface area contributed by atoms with Crippen LogP contribution in [0.1, 0.15) is 0 Å². The average molecular weight is 230 g/mol. The SMILES string of the molecule is COc1nccc(-c2cccc(O)c(=O)c2)n1. The Labute approximate surface area is 97.4 Å². The fraction of sp³-hybridized carbons (Fsp3) is 0.0833. The van der Waals surface area contributed by atoms with Gasteiger partial charge in [0.15, 0.2) is 5.75 Å². The predicted octanol–water partition coefficient (Wildman–Crippen LogP) is 1.22. The molecule has 1 heterocycles. The Balaban J connectivity index is 2.57. The normalized spacial score (nSPS) is 9.94. The molecular formula is C12H10N2O3. The van der Waals surface area contributed by atoms with E-state index in [0.29, 0.717) is 11.3 Å². The quantitative estimate of drug-likeness (QED) is 0.839. The molecule has 0 fully saturated rings. The zero-order valence-corrected chi connectivity index (χ0v) is 9.12. The second kappa shape index (κ2) is 4.61. The van der Waals surface area contributed by atoms with Crippen LogP contribution in [0.15, 0.2) is 41.3 Å². The summed E-state index contributed by atoms with van der Waals surface area (Å²) in [6, 6.07) is 7.81. The van der Waals surface area contributed by atoms with Gasteiger partial charge in [-0.3, -0.25) is 4.79 Å². The summed E-state index contributed by atoms with van der Waals surface area (Å²) in [6.07, 6.45) is 1.54. The Bertz CT molecular complexity index is 599. The first-order chi connectivity index (χ1) is 8.20. The van der Waals surface area contributed by atoms with Crippen molar-refractivity contribution in [1.29, 1.82) is 0 Å². The first-order valence-electron chi connectivity index (χ1n) is 4.91. The molecule has 0 atom stereocenters. The Kier molecular flexibility index (Phi) is 3.00. The number of ether oxygens (including phenoxy) is 1. The smallest absolute Gasteiger partial charge is 0.316 e. The van der Waals surface area contributed by atoms with Crippen LogP contribution in [0.25, 0.3) is 11.3 Å². The van der Waals surface area contributed by atoms with E-state index in [1.807, 2.05) is 0 Å². The second-order valence-corrected chi connectivity index (χ2v) is 3.30. The lowest BCUT2D eigenvalue weighted by Gasteiger charge is -2.00. The third-order valence-electron chi connectivity index (χ3n) is 2.18. The zero-order valence-electron chi connectivity index (χ0n) is 9.12. The summed E-state index contributed by atoms with van der Waals surface area (Å²) in [7, 11) is 1.47. The van der Waals surface area contributed by atoms with E-state index in [0.717, 1.165) is 0 Å². The van der Waals surface area contributed by atoms with Gasteiger partial charge in [-0.1, -0.05) is 12.1 Å². The van der Waals surface area contributed by atoms with Crippen molar-refractivity contribution < 1.29 is 9.84 Å². The molecule has 0 bridgehead atoms. The number of aromatic nitrogens is 2. The van der Waals surface area contributed by atoms with Crippen LogP contribution in [-0.4, -0.2) is 22.2 Å². The zero-order chi connectivity index (χ0) is 12.3. The molecule has 0 saturated carbocycles. The molecule has 0 saturated heterocycles. The van der Waals surface area contributed by atoms with Gasteiger partial charge in [0.25, 0.3) is 0 Å². The van der Waals surface area contributed by atoms with Gasteiger partial charge in [-0.15, -0.1) is 0 Å². The van der Waals surface area contributed by atoms with Crippen LogP contribution in [-0.2, 0) is 0 Å². The molecule has 0 radical (unpaired) electrons. The van der Waals surface area contributed by atoms with Crippen LogP contribution in [0.4, 0.5) is 0 Å². The van der Waals surface area contributed by atoms with Gasteiger partial charge in [-0.25, -0.2) is 4.98 Å². The molecule has 86 valence electrons. The topological polar surface area (TPSA) is 72.3 Å². The number of aromatic hydroxyl groups is 1. The van der Waals surface area contributed by atoms with E-state index in [4.69, 9.17) is 4.74 Å². The summed E-state index contributed by atoms with van der Waals surface area (Å²) >= 11 is 0. The van der Waals surface area contributed by atoms with Crippen molar-refractivity contribution in [2.75, 3.05) is 7.11 Å². The van der Waals surface area contributed by atoms with Gasteiger partial charge < -0.3 is 9.84 Å². The van der Waals surface area contributed by atoms with Crippen molar-refractivity contribution in [2.45, 2.75) is 0 Å². The number of hydrogen-bond donors (Lipinski definition) is 1. The molecule has 17 heavy (non-hydrogen) atoms. The van der Waals surface area contributed by atoms with E-state index >= 15 is 0 Å². The maximum Gasteiger partial charge on any atom is 0.316 e. The third-order valence-corrected chi connectivity index (χ3v) is 2.18. The highest BCUT2D eigenvalue weighted by Gasteiger charge is 2.03. The van der Waals surface area contributed by atoms with Gasteiger partial charge >= 0.3 is 6.01 Å². The maximum absolute atomic E-state index is 11.4. The van der Waals surface area contributed by atoms with E-state index in [9.17, 15) is 9.90 Å². The van der Waals surface area contributed by atoms with Crippen LogP contribution in [0, 0.1) is 0 Å². The Morgan fingerprint density at radius 2 is 2.12 bits per heavy atom. The molecular weight excluding hydrogens is 220 g/mol. The van der Waals surface area contributed by atoms with Gasteiger partial charge in [0.05, 0.1) is 12.8 Å². The van der Waals surface area contributed by atoms with Crippen molar-refractivity contribution in [2.24, 2.45) is 0 Å². The van der Waals surface area contributed by atoms with Crippen molar-refractivity contribution in [3.63, 3.8) is 0 Å². The van der Waals surface area contributed by atoms with Gasteiger partial charge in [0, 0.05) is 11.8 Å². The Morgan fingerprint density at radius 3 is 2.88 bits per heavy atom. The fourth-order valence-corrected chi connectivity index (χ4v) is 1.35. The molecule has 1 aromatic heterocycles. The second-order valence-electron chi connectivity index (χ2n) is 3.30. The first-order valence-corrected chi connectivity index (χ1v) is 4.91. The molecule has 5 nitrogen and oxygen atoms in total. The number of methoxy groups -OCH3 is 1. The summed E-state index contributed by atoms with van der Waals surface area (Å²) in [6.45, 7) is 0. The standard InChI is InChI=1S/C12H10N2O3/c1-17-12-13-6-5-9(14-12)8-3-2-4-10(15)11(16)7-8/h2-7H,1H3,(H,15,16). The average Bonchev–Trinajstić information content (AvgIpc) is 2.52. The lowest BCUT2D eigenvalue weighted by Crippen LogP contribution is -1.96. The number of hydrogen-bond acceptors (Lipinski definition) is 5. The lowest BCUT2D eigenvalue weighted by atomic mass is 10.2. The van der Waals surface area contributed by atoms with E-state index < -0.39 is 5.43 Å².